The molecule has 1 nitrogen and oxygen atoms in total. The van der Waals surface area contributed by atoms with Gasteiger partial charge in [0.2, 0.25) is 0 Å². The summed E-state index contributed by atoms with van der Waals surface area (Å²) in [5, 5.41) is 8.84. The number of hydrogen-bond donors (Lipinski definition) is 0. The Labute approximate surface area is 104 Å². The highest BCUT2D eigenvalue weighted by molar-refractivity contribution is 5.38. The average Bonchev–Trinajstić information content (AvgIpc) is 2.40. The molecule has 1 aromatic carbocycles. The van der Waals surface area contributed by atoms with Gasteiger partial charge in [0.15, 0.2) is 0 Å². The Bertz CT molecular complexity index is 428. The molecular formula is C16H19N. The summed E-state index contributed by atoms with van der Waals surface area (Å²) in [4.78, 5) is 0. The van der Waals surface area contributed by atoms with Crippen molar-refractivity contribution in [1.29, 1.82) is 5.26 Å². The van der Waals surface area contributed by atoms with Crippen LogP contribution >= 0.6 is 0 Å². The Kier molecular flexibility index (Phi) is 3.64. The maximum atomic E-state index is 8.84. The zero-order chi connectivity index (χ0) is 12.1. The van der Waals surface area contributed by atoms with Crippen molar-refractivity contribution in [3.8, 4) is 6.07 Å². The van der Waals surface area contributed by atoms with Gasteiger partial charge in [-0.2, -0.15) is 5.26 Å². The van der Waals surface area contributed by atoms with E-state index in [-0.39, 0.29) is 5.41 Å². The summed E-state index contributed by atoms with van der Waals surface area (Å²) in [7, 11) is 0. The van der Waals surface area contributed by atoms with Crippen LogP contribution in [0.15, 0.2) is 36.4 Å². The molecule has 88 valence electrons. The standard InChI is InChI=1S/C16H19N/c1-2-10-16(11-4-3-5-12-16)15-8-6-14(13-17)7-9-15/h2,6-10H,3-5,11-12H2,1H3/b10-2+. The zero-order valence-electron chi connectivity index (χ0n) is 10.4. The van der Waals surface area contributed by atoms with Crippen molar-refractivity contribution in [2.24, 2.45) is 0 Å². The zero-order valence-corrected chi connectivity index (χ0v) is 10.4. The normalized spacial score (nSPS) is 19.1. The van der Waals surface area contributed by atoms with Crippen molar-refractivity contribution < 1.29 is 0 Å². The van der Waals surface area contributed by atoms with Gasteiger partial charge in [-0.3, -0.25) is 0 Å². The highest BCUT2D eigenvalue weighted by Gasteiger charge is 2.30. The van der Waals surface area contributed by atoms with Gasteiger partial charge in [-0.05, 0) is 37.5 Å². The summed E-state index contributed by atoms with van der Waals surface area (Å²) in [6.45, 7) is 2.10. The van der Waals surface area contributed by atoms with Crippen LogP contribution in [-0.2, 0) is 5.41 Å². The number of nitriles is 1. The van der Waals surface area contributed by atoms with Crippen molar-refractivity contribution in [3.63, 3.8) is 0 Å². The molecule has 0 spiro atoms. The molecule has 0 atom stereocenters. The van der Waals surface area contributed by atoms with Gasteiger partial charge >= 0.3 is 0 Å². The minimum atomic E-state index is 0.223. The third-order valence-electron chi connectivity index (χ3n) is 3.82. The molecule has 0 saturated heterocycles. The molecule has 2 rings (SSSR count). The molecule has 1 fully saturated rings. The third-order valence-corrected chi connectivity index (χ3v) is 3.82. The smallest absolute Gasteiger partial charge is 0.0991 e. The SMILES string of the molecule is C/C=C/C1(c2ccc(C#N)cc2)CCCCC1. The molecule has 17 heavy (non-hydrogen) atoms. The molecule has 1 heteroatoms. The second kappa shape index (κ2) is 5.19. The van der Waals surface area contributed by atoms with Crippen LogP contribution in [0.5, 0.6) is 0 Å². The molecule has 0 bridgehead atoms. The van der Waals surface area contributed by atoms with Gasteiger partial charge in [0.05, 0.1) is 11.6 Å². The Morgan fingerprint density at radius 2 is 1.76 bits per heavy atom. The Morgan fingerprint density at radius 3 is 2.29 bits per heavy atom. The molecule has 0 unspecified atom stereocenters. The van der Waals surface area contributed by atoms with E-state index in [0.717, 1.165) is 5.56 Å². The number of benzene rings is 1. The first-order valence-electron chi connectivity index (χ1n) is 6.45. The second-order valence-electron chi connectivity index (χ2n) is 4.91. The summed E-state index contributed by atoms with van der Waals surface area (Å²) in [6, 6.07) is 10.3. The van der Waals surface area contributed by atoms with Crippen molar-refractivity contribution in [2.75, 3.05) is 0 Å². The lowest BCUT2D eigenvalue weighted by Gasteiger charge is -2.35. The molecule has 0 amide bonds. The van der Waals surface area contributed by atoms with Gasteiger partial charge < -0.3 is 0 Å². The predicted octanol–water partition coefficient (Wildman–Crippen LogP) is 4.34. The molecule has 1 aliphatic carbocycles. The molecule has 0 aliphatic heterocycles. The summed E-state index contributed by atoms with van der Waals surface area (Å²) in [5.74, 6) is 0. The van der Waals surface area contributed by atoms with E-state index in [4.69, 9.17) is 5.26 Å². The average molecular weight is 225 g/mol. The van der Waals surface area contributed by atoms with Gasteiger partial charge in [0.1, 0.15) is 0 Å². The number of rotatable bonds is 2. The van der Waals surface area contributed by atoms with Crippen LogP contribution in [0.3, 0.4) is 0 Å². The molecule has 1 aromatic rings. The van der Waals surface area contributed by atoms with Gasteiger partial charge in [-0.1, -0.05) is 43.5 Å². The van der Waals surface area contributed by atoms with Crippen molar-refractivity contribution in [1.82, 2.24) is 0 Å². The largest absolute Gasteiger partial charge is 0.192 e. The molecule has 0 aromatic heterocycles. The number of nitrogens with zero attached hydrogens (tertiary/aromatic N) is 1. The summed E-state index contributed by atoms with van der Waals surface area (Å²) in [5.41, 5.74) is 2.34. The van der Waals surface area contributed by atoms with Gasteiger partial charge in [0.25, 0.3) is 0 Å². The maximum Gasteiger partial charge on any atom is 0.0991 e. The summed E-state index contributed by atoms with van der Waals surface area (Å²) >= 11 is 0. The van der Waals surface area contributed by atoms with Crippen LogP contribution < -0.4 is 0 Å². The molecule has 0 N–H and O–H groups in total. The van der Waals surface area contributed by atoms with Crippen LogP contribution in [0.25, 0.3) is 0 Å². The first-order chi connectivity index (χ1) is 8.30. The van der Waals surface area contributed by atoms with E-state index in [1.807, 2.05) is 12.1 Å². The fourth-order valence-corrected chi connectivity index (χ4v) is 2.93. The second-order valence-corrected chi connectivity index (χ2v) is 4.91. The first kappa shape index (κ1) is 11.9. The van der Waals surface area contributed by atoms with E-state index < -0.39 is 0 Å². The van der Waals surface area contributed by atoms with E-state index in [2.05, 4.69) is 37.3 Å². The number of hydrogen-bond acceptors (Lipinski definition) is 1. The van der Waals surface area contributed by atoms with Crippen LogP contribution in [0.1, 0.15) is 50.2 Å². The lowest BCUT2D eigenvalue weighted by Crippen LogP contribution is -2.26. The fourth-order valence-electron chi connectivity index (χ4n) is 2.93. The molecule has 1 saturated carbocycles. The Hall–Kier alpha value is -1.55. The Balaban J connectivity index is 2.35. The van der Waals surface area contributed by atoms with E-state index in [0.29, 0.717) is 0 Å². The monoisotopic (exact) mass is 225 g/mol. The quantitative estimate of drug-likeness (QED) is 0.687. The van der Waals surface area contributed by atoms with E-state index >= 15 is 0 Å². The minimum absolute atomic E-state index is 0.223. The van der Waals surface area contributed by atoms with Crippen molar-refractivity contribution in [2.45, 2.75) is 44.4 Å². The third kappa shape index (κ3) is 2.42. The van der Waals surface area contributed by atoms with Crippen LogP contribution in [0, 0.1) is 11.3 Å². The van der Waals surface area contributed by atoms with E-state index in [1.54, 1.807) is 0 Å². The van der Waals surface area contributed by atoms with Crippen LogP contribution in [0.4, 0.5) is 0 Å². The highest BCUT2D eigenvalue weighted by atomic mass is 14.3. The van der Waals surface area contributed by atoms with Gasteiger partial charge in [-0.15, -0.1) is 0 Å². The van der Waals surface area contributed by atoms with Crippen molar-refractivity contribution in [3.05, 3.63) is 47.5 Å². The molecule has 0 heterocycles. The Morgan fingerprint density at radius 1 is 1.12 bits per heavy atom. The molecule has 0 radical (unpaired) electrons. The number of allylic oxidation sites excluding steroid dienone is 2. The minimum Gasteiger partial charge on any atom is -0.192 e. The molecule has 1 aliphatic rings. The van der Waals surface area contributed by atoms with E-state index in [9.17, 15) is 0 Å². The van der Waals surface area contributed by atoms with Gasteiger partial charge in [-0.25, -0.2) is 0 Å². The fraction of sp³-hybridized carbons (Fsp3) is 0.438. The topological polar surface area (TPSA) is 23.8 Å². The van der Waals surface area contributed by atoms with Crippen molar-refractivity contribution >= 4 is 0 Å². The lowest BCUT2D eigenvalue weighted by atomic mass is 9.69. The van der Waals surface area contributed by atoms with Gasteiger partial charge in [0, 0.05) is 5.41 Å². The summed E-state index contributed by atoms with van der Waals surface area (Å²) < 4.78 is 0. The lowest BCUT2D eigenvalue weighted by molar-refractivity contribution is 0.357. The highest BCUT2D eigenvalue weighted by Crippen LogP contribution is 2.40. The van der Waals surface area contributed by atoms with Crippen LogP contribution in [-0.4, -0.2) is 0 Å². The molecular weight excluding hydrogens is 206 g/mol. The summed E-state index contributed by atoms with van der Waals surface area (Å²) in [6.07, 6.45) is 11.0. The first-order valence-corrected chi connectivity index (χ1v) is 6.45. The maximum absolute atomic E-state index is 8.84. The predicted molar refractivity (Wildman–Crippen MR) is 70.7 cm³/mol. The van der Waals surface area contributed by atoms with Crippen LogP contribution in [0.2, 0.25) is 0 Å². The van der Waals surface area contributed by atoms with E-state index in [1.165, 1.54) is 37.7 Å².